The van der Waals surface area contributed by atoms with Gasteiger partial charge in [-0.2, -0.15) is 0 Å². The van der Waals surface area contributed by atoms with Gasteiger partial charge in [-0.05, 0) is 31.7 Å². The molecular formula is C16H23N3O2. The molecule has 1 aliphatic rings. The Morgan fingerprint density at radius 3 is 2.67 bits per heavy atom. The zero-order valence-corrected chi connectivity index (χ0v) is 12.5. The number of aryl methyl sites for hydroxylation is 1. The Bertz CT molecular complexity index is 499. The molecule has 0 saturated carbocycles. The molecule has 1 aliphatic heterocycles. The van der Waals surface area contributed by atoms with Crippen molar-refractivity contribution in [2.45, 2.75) is 38.6 Å². The van der Waals surface area contributed by atoms with E-state index in [0.717, 1.165) is 31.4 Å². The molecule has 1 atom stereocenters. The van der Waals surface area contributed by atoms with Gasteiger partial charge in [0, 0.05) is 19.1 Å². The van der Waals surface area contributed by atoms with Crippen LogP contribution in [0.25, 0.3) is 0 Å². The van der Waals surface area contributed by atoms with Crippen molar-refractivity contribution in [3.05, 3.63) is 35.4 Å². The number of piperidine rings is 1. The summed E-state index contributed by atoms with van der Waals surface area (Å²) >= 11 is 0. The summed E-state index contributed by atoms with van der Waals surface area (Å²) in [5.41, 5.74) is 7.33. The number of nitrogens with two attached hydrogens (primary N) is 1. The van der Waals surface area contributed by atoms with Crippen molar-refractivity contribution in [1.29, 1.82) is 0 Å². The lowest BCUT2D eigenvalue weighted by Gasteiger charge is -2.36. The van der Waals surface area contributed by atoms with Gasteiger partial charge < -0.3 is 16.0 Å². The van der Waals surface area contributed by atoms with Gasteiger partial charge >= 0.3 is 6.03 Å². The number of likely N-dealkylation sites (tertiary alicyclic amines) is 1. The van der Waals surface area contributed by atoms with Crippen LogP contribution in [0.2, 0.25) is 0 Å². The van der Waals surface area contributed by atoms with Crippen LogP contribution in [-0.2, 0) is 11.2 Å². The molecule has 3 amide bonds. The van der Waals surface area contributed by atoms with Gasteiger partial charge in [0.15, 0.2) is 0 Å². The second kappa shape index (κ2) is 7.11. The van der Waals surface area contributed by atoms with E-state index in [1.54, 1.807) is 0 Å². The predicted molar refractivity (Wildman–Crippen MR) is 81.8 cm³/mol. The molecule has 2 rings (SSSR count). The Labute approximate surface area is 125 Å². The fraction of sp³-hybridized carbons (Fsp3) is 0.500. The first-order chi connectivity index (χ1) is 10.1. The molecule has 3 N–H and O–H groups in total. The Balaban J connectivity index is 1.97. The lowest BCUT2D eigenvalue weighted by Crippen LogP contribution is -2.50. The van der Waals surface area contributed by atoms with Crippen LogP contribution in [0, 0.1) is 6.92 Å². The third kappa shape index (κ3) is 4.48. The number of primary amides is 1. The van der Waals surface area contributed by atoms with E-state index in [9.17, 15) is 9.59 Å². The monoisotopic (exact) mass is 289 g/mol. The van der Waals surface area contributed by atoms with Crippen molar-refractivity contribution >= 4 is 11.9 Å². The van der Waals surface area contributed by atoms with Crippen molar-refractivity contribution in [2.24, 2.45) is 5.73 Å². The SMILES string of the molecule is Cc1ccc(CC(=O)N2CCCC[C@@H]2CNC(N)=O)cc1. The summed E-state index contributed by atoms with van der Waals surface area (Å²) in [5, 5.41) is 2.62. The summed E-state index contributed by atoms with van der Waals surface area (Å²) in [6, 6.07) is 7.55. The lowest BCUT2D eigenvalue weighted by molar-refractivity contribution is -0.134. The molecule has 1 fully saturated rings. The van der Waals surface area contributed by atoms with Crippen molar-refractivity contribution in [3.63, 3.8) is 0 Å². The Morgan fingerprint density at radius 1 is 1.29 bits per heavy atom. The molecule has 21 heavy (non-hydrogen) atoms. The van der Waals surface area contributed by atoms with Crippen LogP contribution in [0.15, 0.2) is 24.3 Å². The van der Waals surface area contributed by atoms with E-state index < -0.39 is 6.03 Å². The smallest absolute Gasteiger partial charge is 0.312 e. The number of rotatable bonds is 4. The van der Waals surface area contributed by atoms with Gasteiger partial charge in [0.25, 0.3) is 0 Å². The highest BCUT2D eigenvalue weighted by Gasteiger charge is 2.26. The Hall–Kier alpha value is -2.04. The number of nitrogens with zero attached hydrogens (tertiary/aromatic N) is 1. The van der Waals surface area contributed by atoms with Gasteiger partial charge in [0.2, 0.25) is 5.91 Å². The summed E-state index contributed by atoms with van der Waals surface area (Å²) in [6.45, 7) is 3.23. The average Bonchev–Trinajstić information content (AvgIpc) is 2.47. The lowest BCUT2D eigenvalue weighted by atomic mass is 10.0. The van der Waals surface area contributed by atoms with Gasteiger partial charge in [-0.15, -0.1) is 0 Å². The van der Waals surface area contributed by atoms with Crippen molar-refractivity contribution in [3.8, 4) is 0 Å². The van der Waals surface area contributed by atoms with Crippen LogP contribution in [0.4, 0.5) is 4.79 Å². The molecule has 0 bridgehead atoms. The van der Waals surface area contributed by atoms with E-state index >= 15 is 0 Å². The number of urea groups is 1. The highest BCUT2D eigenvalue weighted by atomic mass is 16.2. The molecule has 1 heterocycles. The van der Waals surface area contributed by atoms with E-state index in [2.05, 4.69) is 5.32 Å². The van der Waals surface area contributed by atoms with Crippen molar-refractivity contribution in [1.82, 2.24) is 10.2 Å². The topological polar surface area (TPSA) is 75.4 Å². The Kier molecular flexibility index (Phi) is 5.20. The third-order valence-electron chi connectivity index (χ3n) is 3.94. The molecule has 1 saturated heterocycles. The van der Waals surface area contributed by atoms with E-state index in [0.29, 0.717) is 13.0 Å². The molecular weight excluding hydrogens is 266 g/mol. The number of nitrogens with one attached hydrogen (secondary N) is 1. The number of benzene rings is 1. The summed E-state index contributed by atoms with van der Waals surface area (Å²) in [5.74, 6) is 0.120. The van der Waals surface area contributed by atoms with Gasteiger partial charge in [-0.3, -0.25) is 4.79 Å². The number of hydrogen-bond donors (Lipinski definition) is 2. The van der Waals surface area contributed by atoms with Crippen LogP contribution in [0.5, 0.6) is 0 Å². The zero-order chi connectivity index (χ0) is 15.2. The molecule has 0 aromatic heterocycles. The first-order valence-electron chi connectivity index (χ1n) is 7.44. The standard InChI is InChI=1S/C16H23N3O2/c1-12-5-7-13(8-6-12)10-15(20)19-9-3-2-4-14(19)11-18-16(17)21/h5-8,14H,2-4,9-11H2,1H3,(H3,17,18,21)/t14-/m1/s1. The highest BCUT2D eigenvalue weighted by molar-refractivity contribution is 5.79. The summed E-state index contributed by atoms with van der Waals surface area (Å²) < 4.78 is 0. The van der Waals surface area contributed by atoms with Crippen LogP contribution in [0.1, 0.15) is 30.4 Å². The molecule has 1 aromatic rings. The quantitative estimate of drug-likeness (QED) is 0.883. The molecule has 0 spiro atoms. The fourth-order valence-corrected chi connectivity index (χ4v) is 2.74. The summed E-state index contributed by atoms with van der Waals surface area (Å²) in [6.07, 6.45) is 3.43. The minimum atomic E-state index is -0.536. The van der Waals surface area contributed by atoms with Crippen molar-refractivity contribution < 1.29 is 9.59 Å². The minimum absolute atomic E-state index is 0.0594. The number of carbonyl (C=O) groups is 2. The molecule has 0 aliphatic carbocycles. The van der Waals surface area contributed by atoms with Crippen LogP contribution >= 0.6 is 0 Å². The second-order valence-electron chi connectivity index (χ2n) is 5.64. The molecule has 5 nitrogen and oxygen atoms in total. The third-order valence-corrected chi connectivity index (χ3v) is 3.94. The normalized spacial score (nSPS) is 18.3. The van der Waals surface area contributed by atoms with E-state index in [1.165, 1.54) is 5.56 Å². The van der Waals surface area contributed by atoms with Crippen LogP contribution < -0.4 is 11.1 Å². The number of carbonyl (C=O) groups excluding carboxylic acids is 2. The maximum absolute atomic E-state index is 12.5. The predicted octanol–water partition coefficient (Wildman–Crippen LogP) is 1.59. The Morgan fingerprint density at radius 2 is 2.00 bits per heavy atom. The zero-order valence-electron chi connectivity index (χ0n) is 12.5. The minimum Gasteiger partial charge on any atom is -0.352 e. The average molecular weight is 289 g/mol. The van der Waals surface area contributed by atoms with E-state index in [1.807, 2.05) is 36.1 Å². The molecule has 0 unspecified atom stereocenters. The highest BCUT2D eigenvalue weighted by Crippen LogP contribution is 2.18. The maximum Gasteiger partial charge on any atom is 0.312 e. The maximum atomic E-state index is 12.5. The van der Waals surface area contributed by atoms with Gasteiger partial charge in [-0.1, -0.05) is 29.8 Å². The second-order valence-corrected chi connectivity index (χ2v) is 5.64. The van der Waals surface area contributed by atoms with Gasteiger partial charge in [0.1, 0.15) is 0 Å². The molecule has 0 radical (unpaired) electrons. The molecule has 1 aromatic carbocycles. The van der Waals surface area contributed by atoms with Gasteiger partial charge in [0.05, 0.1) is 6.42 Å². The van der Waals surface area contributed by atoms with Gasteiger partial charge in [-0.25, -0.2) is 4.79 Å². The van der Waals surface area contributed by atoms with Crippen LogP contribution in [0.3, 0.4) is 0 Å². The van der Waals surface area contributed by atoms with E-state index in [-0.39, 0.29) is 11.9 Å². The number of hydrogen-bond acceptors (Lipinski definition) is 2. The molecule has 114 valence electrons. The fourth-order valence-electron chi connectivity index (χ4n) is 2.74. The summed E-state index contributed by atoms with van der Waals surface area (Å²) in [4.78, 5) is 25.2. The summed E-state index contributed by atoms with van der Waals surface area (Å²) in [7, 11) is 0. The van der Waals surface area contributed by atoms with E-state index in [4.69, 9.17) is 5.73 Å². The first kappa shape index (κ1) is 15.4. The first-order valence-corrected chi connectivity index (χ1v) is 7.44. The molecule has 5 heteroatoms. The number of amides is 3. The largest absolute Gasteiger partial charge is 0.352 e. The van der Waals surface area contributed by atoms with Crippen molar-refractivity contribution in [2.75, 3.05) is 13.1 Å². The van der Waals surface area contributed by atoms with Crippen LogP contribution in [-0.4, -0.2) is 36.0 Å².